The van der Waals surface area contributed by atoms with Crippen molar-refractivity contribution in [2.24, 2.45) is 0 Å². The summed E-state index contributed by atoms with van der Waals surface area (Å²) in [4.78, 5) is 0. The summed E-state index contributed by atoms with van der Waals surface area (Å²) in [5, 5.41) is 8.42. The van der Waals surface area contributed by atoms with Gasteiger partial charge in [-0.15, -0.1) is 5.10 Å². The molecule has 21 heavy (non-hydrogen) atoms. The molecule has 0 unspecified atom stereocenters. The van der Waals surface area contributed by atoms with Crippen LogP contribution in [0.2, 0.25) is 0 Å². The number of nitrogens with zero attached hydrogens (tertiary/aromatic N) is 3. The van der Waals surface area contributed by atoms with Crippen LogP contribution in [0.1, 0.15) is 0 Å². The smallest absolute Gasteiger partial charge is 0.113 e. The highest BCUT2D eigenvalue weighted by atomic mass is 15.4. The minimum absolute atomic E-state index is 0.907. The average molecular weight is 271 g/mol. The Balaban J connectivity index is 1.77. The van der Waals surface area contributed by atoms with Crippen molar-refractivity contribution in [2.75, 3.05) is 0 Å². The van der Waals surface area contributed by atoms with Crippen LogP contribution in [0.25, 0.3) is 27.8 Å². The monoisotopic (exact) mass is 271 g/mol. The van der Waals surface area contributed by atoms with Gasteiger partial charge in [-0.05, 0) is 35.4 Å². The third-order valence-electron chi connectivity index (χ3n) is 3.57. The van der Waals surface area contributed by atoms with E-state index < -0.39 is 0 Å². The van der Waals surface area contributed by atoms with Gasteiger partial charge in [0.2, 0.25) is 0 Å². The molecule has 0 saturated heterocycles. The molecule has 0 aliphatic carbocycles. The quantitative estimate of drug-likeness (QED) is 0.550. The molecule has 3 nitrogen and oxygen atoms in total. The summed E-state index contributed by atoms with van der Waals surface area (Å²) < 4.78 is 1.87. The molecule has 3 aromatic carbocycles. The second-order valence-corrected chi connectivity index (χ2v) is 4.90. The molecule has 0 spiro atoms. The van der Waals surface area contributed by atoms with E-state index >= 15 is 0 Å². The maximum absolute atomic E-state index is 4.23. The Morgan fingerprint density at radius 3 is 2.10 bits per heavy atom. The zero-order valence-corrected chi connectivity index (χ0v) is 11.3. The fourth-order valence-corrected chi connectivity index (χ4v) is 2.49. The number of hydrogen-bond donors (Lipinski definition) is 0. The first kappa shape index (κ1) is 11.9. The normalized spacial score (nSPS) is 10.9. The third kappa shape index (κ3) is 2.09. The summed E-state index contributed by atoms with van der Waals surface area (Å²) in [5.41, 5.74) is 5.36. The van der Waals surface area contributed by atoms with Crippen molar-refractivity contribution < 1.29 is 0 Å². The standard InChI is InChI=1S/C18H13N3/c1-2-6-14(7-3-1)15-10-12-16(13-11-15)21-18-9-5-4-8-17(18)19-20-21/h1-13H. The first-order chi connectivity index (χ1) is 10.4. The summed E-state index contributed by atoms with van der Waals surface area (Å²) in [7, 11) is 0. The van der Waals surface area contributed by atoms with Gasteiger partial charge in [0.05, 0.1) is 11.2 Å². The molecule has 1 aromatic heterocycles. The van der Waals surface area contributed by atoms with Crippen LogP contribution < -0.4 is 0 Å². The van der Waals surface area contributed by atoms with Crippen molar-refractivity contribution in [2.45, 2.75) is 0 Å². The van der Waals surface area contributed by atoms with Gasteiger partial charge in [0.1, 0.15) is 5.52 Å². The van der Waals surface area contributed by atoms with Crippen molar-refractivity contribution in [1.29, 1.82) is 0 Å². The van der Waals surface area contributed by atoms with Gasteiger partial charge in [-0.25, -0.2) is 4.68 Å². The lowest BCUT2D eigenvalue weighted by Gasteiger charge is -2.05. The van der Waals surface area contributed by atoms with E-state index in [1.54, 1.807) is 0 Å². The third-order valence-corrected chi connectivity index (χ3v) is 3.57. The second kappa shape index (κ2) is 4.87. The Morgan fingerprint density at radius 1 is 0.619 bits per heavy atom. The van der Waals surface area contributed by atoms with E-state index in [-0.39, 0.29) is 0 Å². The first-order valence-electron chi connectivity index (χ1n) is 6.88. The number of rotatable bonds is 2. The van der Waals surface area contributed by atoms with E-state index in [1.165, 1.54) is 11.1 Å². The van der Waals surface area contributed by atoms with E-state index in [9.17, 15) is 0 Å². The predicted molar refractivity (Wildman–Crippen MR) is 84.3 cm³/mol. The van der Waals surface area contributed by atoms with E-state index in [2.05, 4.69) is 46.7 Å². The molecule has 0 aliphatic heterocycles. The lowest BCUT2D eigenvalue weighted by molar-refractivity contribution is 0.824. The van der Waals surface area contributed by atoms with E-state index in [4.69, 9.17) is 0 Å². The topological polar surface area (TPSA) is 30.7 Å². The van der Waals surface area contributed by atoms with Crippen molar-refractivity contribution in [3.8, 4) is 16.8 Å². The van der Waals surface area contributed by atoms with Gasteiger partial charge in [0, 0.05) is 0 Å². The number of benzene rings is 3. The van der Waals surface area contributed by atoms with E-state index in [1.807, 2.05) is 47.1 Å². The zero-order chi connectivity index (χ0) is 14.1. The molecule has 0 N–H and O–H groups in total. The number of fused-ring (bicyclic) bond motifs is 1. The summed E-state index contributed by atoms with van der Waals surface area (Å²) in [6, 6.07) is 26.7. The van der Waals surface area contributed by atoms with Crippen molar-refractivity contribution in [3.05, 3.63) is 78.9 Å². The lowest BCUT2D eigenvalue weighted by Crippen LogP contribution is -1.96. The Labute approximate surface area is 122 Å². The van der Waals surface area contributed by atoms with Gasteiger partial charge in [-0.1, -0.05) is 59.8 Å². The molecule has 0 radical (unpaired) electrons. The van der Waals surface area contributed by atoms with Crippen molar-refractivity contribution in [1.82, 2.24) is 15.0 Å². The molecule has 0 bridgehead atoms. The highest BCUT2D eigenvalue weighted by Gasteiger charge is 2.05. The fourth-order valence-electron chi connectivity index (χ4n) is 2.49. The zero-order valence-electron chi connectivity index (χ0n) is 11.3. The Bertz CT molecular complexity index is 877. The summed E-state index contributed by atoms with van der Waals surface area (Å²) >= 11 is 0. The Morgan fingerprint density at radius 2 is 1.29 bits per heavy atom. The second-order valence-electron chi connectivity index (χ2n) is 4.90. The van der Waals surface area contributed by atoms with Crippen molar-refractivity contribution in [3.63, 3.8) is 0 Å². The minimum Gasteiger partial charge on any atom is -0.213 e. The van der Waals surface area contributed by atoms with Crippen LogP contribution in [0.15, 0.2) is 78.9 Å². The SMILES string of the molecule is c1ccc(-c2ccc(-n3nnc4ccccc43)cc2)cc1. The maximum atomic E-state index is 4.23. The minimum atomic E-state index is 0.907. The van der Waals surface area contributed by atoms with E-state index in [0.29, 0.717) is 0 Å². The van der Waals surface area contributed by atoms with Gasteiger partial charge in [-0.3, -0.25) is 0 Å². The van der Waals surface area contributed by atoms with Crippen LogP contribution in [-0.4, -0.2) is 15.0 Å². The molecule has 0 saturated carbocycles. The Kier molecular flexibility index (Phi) is 2.75. The van der Waals surface area contributed by atoms with Crippen LogP contribution in [0.4, 0.5) is 0 Å². The average Bonchev–Trinajstić information content (AvgIpc) is 3.00. The molecular formula is C18H13N3. The molecule has 0 atom stereocenters. The molecule has 4 rings (SSSR count). The first-order valence-corrected chi connectivity index (χ1v) is 6.88. The number of hydrogen-bond acceptors (Lipinski definition) is 2. The van der Waals surface area contributed by atoms with Gasteiger partial charge < -0.3 is 0 Å². The van der Waals surface area contributed by atoms with Gasteiger partial charge in [-0.2, -0.15) is 0 Å². The molecule has 0 amide bonds. The molecular weight excluding hydrogens is 258 g/mol. The molecule has 3 heteroatoms. The molecule has 100 valence electrons. The molecule has 1 heterocycles. The van der Waals surface area contributed by atoms with E-state index in [0.717, 1.165) is 16.7 Å². The Hall–Kier alpha value is -2.94. The number of para-hydroxylation sites is 1. The van der Waals surface area contributed by atoms with Crippen LogP contribution in [0.5, 0.6) is 0 Å². The summed E-state index contributed by atoms with van der Waals surface area (Å²) in [5.74, 6) is 0. The van der Waals surface area contributed by atoms with Crippen LogP contribution in [0, 0.1) is 0 Å². The van der Waals surface area contributed by atoms with Crippen LogP contribution >= 0.6 is 0 Å². The van der Waals surface area contributed by atoms with Gasteiger partial charge in [0.25, 0.3) is 0 Å². The van der Waals surface area contributed by atoms with Crippen LogP contribution in [0.3, 0.4) is 0 Å². The molecule has 0 aliphatic rings. The van der Waals surface area contributed by atoms with Gasteiger partial charge >= 0.3 is 0 Å². The highest BCUT2D eigenvalue weighted by molar-refractivity contribution is 5.76. The highest BCUT2D eigenvalue weighted by Crippen LogP contribution is 2.22. The summed E-state index contributed by atoms with van der Waals surface area (Å²) in [6.45, 7) is 0. The number of aromatic nitrogens is 3. The van der Waals surface area contributed by atoms with Gasteiger partial charge in [0.15, 0.2) is 0 Å². The largest absolute Gasteiger partial charge is 0.213 e. The fraction of sp³-hybridized carbons (Fsp3) is 0. The maximum Gasteiger partial charge on any atom is 0.113 e. The molecule has 4 aromatic rings. The van der Waals surface area contributed by atoms with Crippen LogP contribution in [-0.2, 0) is 0 Å². The predicted octanol–water partition coefficient (Wildman–Crippen LogP) is 4.09. The molecule has 0 fully saturated rings. The van der Waals surface area contributed by atoms with Crippen molar-refractivity contribution >= 4 is 11.0 Å². The lowest BCUT2D eigenvalue weighted by atomic mass is 10.1. The summed E-state index contributed by atoms with van der Waals surface area (Å²) in [6.07, 6.45) is 0.